The zero-order chi connectivity index (χ0) is 9.73. The molecule has 0 aromatic heterocycles. The van der Waals surface area contributed by atoms with E-state index in [0.29, 0.717) is 0 Å². The van der Waals surface area contributed by atoms with Crippen LogP contribution in [0.1, 0.15) is 0 Å². The Morgan fingerprint density at radius 1 is 1.31 bits per heavy atom. The van der Waals surface area contributed by atoms with Crippen LogP contribution in [-0.4, -0.2) is 5.55 Å². The largest absolute Gasteiger partial charge is 0.277 e. The predicted molar refractivity (Wildman–Crippen MR) is 58.2 cm³/mol. The lowest BCUT2D eigenvalue weighted by atomic mass is 10.3. The number of aliphatic imine (C=N–C) groups is 1. The molecule has 0 aliphatic carbocycles. The van der Waals surface area contributed by atoms with Crippen LogP contribution in [0.25, 0.3) is 0 Å². The van der Waals surface area contributed by atoms with E-state index in [-0.39, 0.29) is 0 Å². The number of hydrogen-bond donors (Lipinski definition) is 2. The summed E-state index contributed by atoms with van der Waals surface area (Å²) in [5.74, 6) is 0. The summed E-state index contributed by atoms with van der Waals surface area (Å²) in [6.45, 7) is -3.04. The highest BCUT2D eigenvalue weighted by Crippen LogP contribution is 2.40. The number of nitrogens with two attached hydrogens (primary N) is 2. The average molecular weight is 215 g/mol. The van der Waals surface area contributed by atoms with Gasteiger partial charge in [-0.05, 0) is 23.5 Å². The molecule has 0 spiro atoms. The highest BCUT2D eigenvalue weighted by atomic mass is 32.7. The summed E-state index contributed by atoms with van der Waals surface area (Å²) in [5.41, 5.74) is 12.4. The third kappa shape index (κ3) is 4.85. The molecule has 0 saturated carbocycles. The van der Waals surface area contributed by atoms with Crippen molar-refractivity contribution in [2.75, 3.05) is 0 Å². The van der Waals surface area contributed by atoms with Crippen molar-refractivity contribution >= 4 is 29.3 Å². The lowest BCUT2D eigenvalue weighted by molar-refractivity contribution is 0.587. The van der Waals surface area contributed by atoms with E-state index >= 15 is 0 Å². The van der Waals surface area contributed by atoms with E-state index < -0.39 is 6.65 Å². The first-order valence-electron chi connectivity index (χ1n) is 3.51. The first kappa shape index (κ1) is 10.5. The molecule has 70 valence electrons. The first-order valence-corrected chi connectivity index (χ1v) is 6.84. The van der Waals surface area contributed by atoms with E-state index in [1.807, 2.05) is 30.3 Å². The fourth-order valence-corrected chi connectivity index (χ4v) is 1.57. The third-order valence-electron chi connectivity index (χ3n) is 1.17. The minimum Gasteiger partial charge on any atom is -0.277 e. The zero-order valence-electron chi connectivity index (χ0n) is 6.83. The van der Waals surface area contributed by atoms with Crippen LogP contribution in [0.3, 0.4) is 0 Å². The lowest BCUT2D eigenvalue weighted by Gasteiger charge is -1.98. The van der Waals surface area contributed by atoms with Crippen LogP contribution in [-0.2, 0) is 4.57 Å². The standard InChI is InChI=1S/C7H10N3OPS/c8-12(9,11)13-6-10-7-4-2-1-3-5-7/h1-6H,(H4,8,9,11). The fourth-order valence-electron chi connectivity index (χ4n) is 0.672. The van der Waals surface area contributed by atoms with Gasteiger partial charge in [-0.2, -0.15) is 0 Å². The maximum Gasteiger partial charge on any atom is 0.266 e. The van der Waals surface area contributed by atoms with E-state index in [4.69, 9.17) is 11.0 Å². The molecule has 0 unspecified atom stereocenters. The van der Waals surface area contributed by atoms with Gasteiger partial charge < -0.3 is 0 Å². The molecule has 0 heterocycles. The Hall–Kier alpha value is -0.610. The molecule has 0 aliphatic heterocycles. The summed E-state index contributed by atoms with van der Waals surface area (Å²) in [7, 11) is 0. The molecule has 4 nitrogen and oxygen atoms in total. The second kappa shape index (κ2) is 4.58. The minimum absolute atomic E-state index is 0.781. The average Bonchev–Trinajstić information content (AvgIpc) is 2.04. The Morgan fingerprint density at radius 2 is 1.92 bits per heavy atom. The summed E-state index contributed by atoms with van der Waals surface area (Å²) < 4.78 is 10.8. The Labute approximate surface area is 80.6 Å². The molecule has 0 atom stereocenters. The van der Waals surface area contributed by atoms with Gasteiger partial charge in [-0.25, -0.2) is 4.99 Å². The minimum atomic E-state index is -3.04. The van der Waals surface area contributed by atoms with Crippen molar-refractivity contribution in [3.63, 3.8) is 0 Å². The second-order valence-corrected chi connectivity index (χ2v) is 6.38. The molecule has 0 bridgehead atoms. The Morgan fingerprint density at radius 3 is 2.46 bits per heavy atom. The predicted octanol–water partition coefficient (Wildman–Crippen LogP) is 2.11. The second-order valence-electron chi connectivity index (χ2n) is 2.32. The smallest absolute Gasteiger partial charge is 0.266 e. The number of nitrogens with zero attached hydrogens (tertiary/aromatic N) is 1. The van der Waals surface area contributed by atoms with Crippen LogP contribution in [0.15, 0.2) is 35.3 Å². The van der Waals surface area contributed by atoms with Crippen LogP contribution >= 0.6 is 18.0 Å². The first-order chi connectivity index (χ1) is 6.08. The van der Waals surface area contributed by atoms with Crippen LogP contribution < -0.4 is 11.0 Å². The maximum atomic E-state index is 10.8. The zero-order valence-corrected chi connectivity index (χ0v) is 8.54. The van der Waals surface area contributed by atoms with Gasteiger partial charge in [-0.1, -0.05) is 18.2 Å². The molecule has 1 rings (SSSR count). The fraction of sp³-hybridized carbons (Fsp3) is 0. The number of hydrogen-bond acceptors (Lipinski definition) is 3. The van der Waals surface area contributed by atoms with Crippen molar-refractivity contribution in [3.8, 4) is 0 Å². The molecule has 13 heavy (non-hydrogen) atoms. The molecule has 0 saturated heterocycles. The van der Waals surface area contributed by atoms with E-state index in [1.54, 1.807) is 0 Å². The van der Waals surface area contributed by atoms with E-state index in [0.717, 1.165) is 17.1 Å². The monoisotopic (exact) mass is 215 g/mol. The highest BCUT2D eigenvalue weighted by Gasteiger charge is 2.05. The van der Waals surface area contributed by atoms with Crippen molar-refractivity contribution < 1.29 is 4.57 Å². The summed E-state index contributed by atoms with van der Waals surface area (Å²) in [6, 6.07) is 9.27. The van der Waals surface area contributed by atoms with Gasteiger partial charge in [0.15, 0.2) is 0 Å². The van der Waals surface area contributed by atoms with Crippen molar-refractivity contribution in [2.24, 2.45) is 16.0 Å². The number of rotatable bonds is 3. The lowest BCUT2D eigenvalue weighted by Crippen LogP contribution is -1.99. The van der Waals surface area contributed by atoms with E-state index in [9.17, 15) is 4.57 Å². The third-order valence-corrected chi connectivity index (χ3v) is 2.97. The molecular weight excluding hydrogens is 205 g/mol. The van der Waals surface area contributed by atoms with Crippen LogP contribution in [0.2, 0.25) is 0 Å². The summed E-state index contributed by atoms with van der Waals surface area (Å²) in [4.78, 5) is 4.00. The summed E-state index contributed by atoms with van der Waals surface area (Å²) >= 11 is 0.848. The molecule has 0 radical (unpaired) electrons. The molecule has 0 amide bonds. The van der Waals surface area contributed by atoms with Gasteiger partial charge in [0, 0.05) is 0 Å². The van der Waals surface area contributed by atoms with Gasteiger partial charge in [0.25, 0.3) is 6.65 Å². The maximum absolute atomic E-state index is 10.8. The van der Waals surface area contributed by atoms with Crippen LogP contribution in [0, 0.1) is 0 Å². The van der Waals surface area contributed by atoms with Gasteiger partial charge >= 0.3 is 0 Å². The van der Waals surface area contributed by atoms with Gasteiger partial charge in [0.05, 0.1) is 11.2 Å². The van der Waals surface area contributed by atoms with Gasteiger partial charge in [0.2, 0.25) is 0 Å². The van der Waals surface area contributed by atoms with Gasteiger partial charge in [0.1, 0.15) is 0 Å². The van der Waals surface area contributed by atoms with Gasteiger partial charge in [-0.15, -0.1) is 0 Å². The van der Waals surface area contributed by atoms with Crippen molar-refractivity contribution in [3.05, 3.63) is 30.3 Å². The Kier molecular flexibility index (Phi) is 3.69. The van der Waals surface area contributed by atoms with Crippen molar-refractivity contribution in [1.29, 1.82) is 0 Å². The molecule has 4 N–H and O–H groups in total. The van der Waals surface area contributed by atoms with Crippen molar-refractivity contribution in [1.82, 2.24) is 0 Å². The van der Waals surface area contributed by atoms with Crippen LogP contribution in [0.5, 0.6) is 0 Å². The Bertz CT molecular complexity index is 335. The van der Waals surface area contributed by atoms with Gasteiger partial charge in [-0.3, -0.25) is 15.6 Å². The molecule has 1 aromatic carbocycles. The topological polar surface area (TPSA) is 81.5 Å². The molecule has 6 heteroatoms. The van der Waals surface area contributed by atoms with Crippen LogP contribution in [0.4, 0.5) is 5.69 Å². The molecule has 0 fully saturated rings. The molecule has 0 aliphatic rings. The number of benzene rings is 1. The summed E-state index contributed by atoms with van der Waals surface area (Å²) in [5, 5.41) is 0. The highest BCUT2D eigenvalue weighted by molar-refractivity contribution is 8.63. The Balaban J connectivity index is 2.56. The normalized spacial score (nSPS) is 12.2. The quantitative estimate of drug-likeness (QED) is 0.459. The SMILES string of the molecule is NP(N)(=O)SC=Nc1ccccc1. The summed E-state index contributed by atoms with van der Waals surface area (Å²) in [6.07, 6.45) is 0. The number of para-hydroxylation sites is 1. The van der Waals surface area contributed by atoms with E-state index in [1.165, 1.54) is 5.55 Å². The van der Waals surface area contributed by atoms with E-state index in [2.05, 4.69) is 4.99 Å². The van der Waals surface area contributed by atoms with Crippen molar-refractivity contribution in [2.45, 2.75) is 0 Å². The molecular formula is C7H10N3OPS. The molecule has 1 aromatic rings.